The van der Waals surface area contributed by atoms with Gasteiger partial charge in [-0.3, -0.25) is 28.5 Å². The zero-order valence-corrected chi connectivity index (χ0v) is 35.2. The molecule has 4 amide bonds. The van der Waals surface area contributed by atoms with Crippen molar-refractivity contribution in [3.05, 3.63) is 61.2 Å². The minimum Gasteiger partial charge on any atom is -0.339 e. The number of nitrogens with one attached hydrogen (secondary N) is 2. The second-order valence-electron chi connectivity index (χ2n) is 19.9. The smallest absolute Gasteiger partial charge is 0.326 e. The van der Waals surface area contributed by atoms with Gasteiger partial charge in [0, 0.05) is 42.7 Å². The molecule has 7 atom stereocenters. The Balaban J connectivity index is 1.00. The molecule has 2 unspecified atom stereocenters. The molecule has 2 N–H and O–H groups in total. The van der Waals surface area contributed by atoms with Gasteiger partial charge in [-0.25, -0.2) is 13.2 Å². The van der Waals surface area contributed by atoms with Crippen LogP contribution in [0, 0.1) is 40.4 Å². The Morgan fingerprint density at radius 3 is 2.03 bits per heavy atom. The number of rotatable bonds is 11. The number of sulfonamides is 1. The molecule has 7 aliphatic rings. The molecule has 13 heteroatoms. The van der Waals surface area contributed by atoms with E-state index in [1.807, 2.05) is 69.3 Å². The van der Waals surface area contributed by atoms with Crippen molar-refractivity contribution in [2.75, 3.05) is 13.1 Å². The van der Waals surface area contributed by atoms with Crippen LogP contribution in [0.5, 0.6) is 0 Å². The van der Waals surface area contributed by atoms with E-state index >= 15 is 4.79 Å². The van der Waals surface area contributed by atoms with Crippen molar-refractivity contribution in [1.29, 1.82) is 0 Å². The molecule has 314 valence electrons. The Morgan fingerprint density at radius 2 is 1.46 bits per heavy atom. The summed E-state index contributed by atoms with van der Waals surface area (Å²) in [5, 5.41) is 4.38. The fraction of sp³-hybridized carbons (Fsp3) is 0.587. The van der Waals surface area contributed by atoms with Gasteiger partial charge in [0.25, 0.3) is 0 Å². The van der Waals surface area contributed by atoms with Gasteiger partial charge in [0.05, 0.1) is 39.7 Å². The highest BCUT2D eigenvalue weighted by Crippen LogP contribution is 2.57. The molecule has 3 aromatic rings. The number of benzene rings is 2. The Morgan fingerprint density at radius 1 is 0.847 bits per heavy atom. The van der Waals surface area contributed by atoms with Crippen molar-refractivity contribution >= 4 is 61.4 Å². The first-order valence-electron chi connectivity index (χ1n) is 21.7. The number of allylic oxidation sites excluding steroid dienone is 1. The lowest BCUT2D eigenvalue weighted by atomic mass is 9.68. The van der Waals surface area contributed by atoms with E-state index in [9.17, 15) is 27.6 Å². The van der Waals surface area contributed by atoms with Crippen LogP contribution in [-0.2, 0) is 29.2 Å². The number of likely N-dealkylation sites (tertiary alicyclic amines) is 1. The lowest BCUT2D eigenvalue weighted by molar-refractivity contribution is -0.149. The van der Waals surface area contributed by atoms with Crippen LogP contribution in [-0.4, -0.2) is 88.8 Å². The van der Waals surface area contributed by atoms with E-state index in [4.69, 9.17) is 0 Å². The third kappa shape index (κ3) is 7.29. The van der Waals surface area contributed by atoms with Gasteiger partial charge in [0.2, 0.25) is 27.7 Å². The maximum atomic E-state index is 15.1. The second-order valence-corrected chi connectivity index (χ2v) is 21.8. The number of nitrogens with zero attached hydrogens (tertiary/aromatic N) is 3. The van der Waals surface area contributed by atoms with Crippen molar-refractivity contribution in [1.82, 2.24) is 24.4 Å². The van der Waals surface area contributed by atoms with Crippen LogP contribution in [0.25, 0.3) is 21.8 Å². The molecule has 7 fully saturated rings. The summed E-state index contributed by atoms with van der Waals surface area (Å²) in [4.78, 5) is 75.8. The minimum absolute atomic E-state index is 0.0145. The Labute approximate surface area is 346 Å². The zero-order valence-electron chi connectivity index (χ0n) is 34.4. The maximum Gasteiger partial charge on any atom is 0.326 e. The van der Waals surface area contributed by atoms with E-state index in [1.165, 1.54) is 11.3 Å². The summed E-state index contributed by atoms with van der Waals surface area (Å²) < 4.78 is 29.6. The molecule has 12 nitrogen and oxygen atoms in total. The number of ketones is 1. The number of hydrogen-bond donors (Lipinski definition) is 2. The van der Waals surface area contributed by atoms with Crippen molar-refractivity contribution in [3.8, 4) is 0 Å². The minimum atomic E-state index is -3.87. The fourth-order valence-electron chi connectivity index (χ4n) is 11.5. The van der Waals surface area contributed by atoms with Crippen LogP contribution < -0.4 is 10.0 Å². The number of para-hydroxylation sites is 2. The first kappa shape index (κ1) is 39.9. The van der Waals surface area contributed by atoms with Gasteiger partial charge >= 0.3 is 6.03 Å². The monoisotopic (exact) mass is 823 g/mol. The summed E-state index contributed by atoms with van der Waals surface area (Å²) in [7, 11) is -3.87. The van der Waals surface area contributed by atoms with Crippen LogP contribution >= 0.6 is 0 Å². The number of fused-ring (bicyclic) bond motifs is 4. The summed E-state index contributed by atoms with van der Waals surface area (Å²) in [6, 6.07) is 13.5. The number of carbonyl (C=O) groups is 5. The number of Topliss-reactive ketones (excluding diaryl/α,β-unsaturated/α-hetero) is 1. The van der Waals surface area contributed by atoms with Crippen molar-refractivity contribution < 1.29 is 32.4 Å². The van der Waals surface area contributed by atoms with Crippen LogP contribution in [0.15, 0.2) is 61.2 Å². The van der Waals surface area contributed by atoms with Crippen LogP contribution in [0.1, 0.15) is 91.4 Å². The Bertz CT molecular complexity index is 2290. The number of amides is 4. The number of aromatic nitrogens is 1. The lowest BCUT2D eigenvalue weighted by Gasteiger charge is -2.40. The fourth-order valence-corrected chi connectivity index (χ4v) is 12.9. The predicted octanol–water partition coefficient (Wildman–Crippen LogP) is 6.17. The van der Waals surface area contributed by atoms with E-state index in [0.717, 1.165) is 54.0 Å². The molecule has 3 saturated heterocycles. The average Bonchev–Trinajstić information content (AvgIpc) is 4.11. The van der Waals surface area contributed by atoms with Crippen LogP contribution in [0.4, 0.5) is 4.79 Å². The van der Waals surface area contributed by atoms with Gasteiger partial charge in [-0.15, -0.1) is 6.58 Å². The standard InChI is InChI=1S/C46H57N5O7S/c1-5-30-23-46(30,43(55)48-59(57,58)33-14-15-33)24-40(52)39-21-31(47-44(56)51-37-12-8-6-10-34(37)35-11-7-9-13-38(35)51)26-50(39)42(54)36(45(2,3)4)22-41(53)49-25-29-17-27-16-28(18-29)20-32(49)19-27/h5-13,27-33,36,39H,1,14-26H2,2-4H3,(H,47,56)(H,48,55)/t27?,28?,29?,30-,31-,32?,36-,39+,46-/m1/s1. The topological polar surface area (TPSA) is 155 Å². The summed E-state index contributed by atoms with van der Waals surface area (Å²) in [5.41, 5.74) is -0.490. The molecule has 2 aromatic carbocycles. The molecule has 59 heavy (non-hydrogen) atoms. The predicted molar refractivity (Wildman–Crippen MR) is 224 cm³/mol. The summed E-state index contributed by atoms with van der Waals surface area (Å²) >= 11 is 0. The van der Waals surface area contributed by atoms with Gasteiger partial charge < -0.3 is 15.1 Å². The molecule has 3 aliphatic heterocycles. The SMILES string of the molecule is C=C[C@@H]1C[C@]1(CC(=O)[C@@H]1C[C@@H](NC(=O)n2c3ccccc3c3ccccc32)CN1C(=O)[C@@H](CC(=O)N1CC2CC3CC(C2)CC1C3)C(C)(C)C)C(=O)NS(=O)(=O)C1CC1. The molecule has 4 bridgehead atoms. The first-order chi connectivity index (χ1) is 28.1. The molecule has 4 heterocycles. The van der Waals surface area contributed by atoms with Crippen molar-refractivity contribution in [2.45, 2.75) is 115 Å². The Kier molecular flexibility index (Phi) is 9.87. The highest BCUT2D eigenvalue weighted by Gasteiger charge is 2.61. The lowest BCUT2D eigenvalue weighted by Crippen LogP contribution is -2.50. The summed E-state index contributed by atoms with van der Waals surface area (Å²) in [6.45, 7) is 10.5. The third-order valence-electron chi connectivity index (χ3n) is 14.8. The normalized spacial score (nSPS) is 30.6. The maximum absolute atomic E-state index is 15.1. The third-order valence-corrected chi connectivity index (χ3v) is 16.6. The number of carbonyl (C=O) groups excluding carboxylic acids is 5. The van der Waals surface area contributed by atoms with Crippen molar-refractivity contribution in [2.24, 2.45) is 40.4 Å². The van der Waals surface area contributed by atoms with E-state index < -0.39 is 62.0 Å². The first-order valence-corrected chi connectivity index (χ1v) is 23.2. The van der Waals surface area contributed by atoms with Gasteiger partial charge in [-0.1, -0.05) is 63.2 Å². The van der Waals surface area contributed by atoms with E-state index in [0.29, 0.717) is 30.6 Å². The molecule has 4 saturated carbocycles. The quantitative estimate of drug-likeness (QED) is 0.219. The van der Waals surface area contributed by atoms with Crippen molar-refractivity contribution in [3.63, 3.8) is 0 Å². The molecule has 0 radical (unpaired) electrons. The van der Waals surface area contributed by atoms with E-state index in [1.54, 1.807) is 10.6 Å². The van der Waals surface area contributed by atoms with Gasteiger partial charge in [-0.2, -0.15) is 0 Å². The molecular formula is C46H57N5O7S. The van der Waals surface area contributed by atoms with Crippen LogP contribution in [0.2, 0.25) is 0 Å². The molecule has 1 aromatic heterocycles. The molecule has 10 rings (SSSR count). The average molecular weight is 824 g/mol. The highest BCUT2D eigenvalue weighted by molar-refractivity contribution is 7.90. The van der Waals surface area contributed by atoms with E-state index in [2.05, 4.69) is 21.5 Å². The van der Waals surface area contributed by atoms with Crippen LogP contribution in [0.3, 0.4) is 0 Å². The molecule has 0 spiro atoms. The highest BCUT2D eigenvalue weighted by atomic mass is 32.2. The molecular weight excluding hydrogens is 767 g/mol. The summed E-state index contributed by atoms with van der Waals surface area (Å²) in [6.07, 6.45) is 8.28. The summed E-state index contributed by atoms with van der Waals surface area (Å²) in [5.74, 6) is -0.792. The second kappa shape index (κ2) is 14.6. The largest absolute Gasteiger partial charge is 0.339 e. The van der Waals surface area contributed by atoms with Gasteiger partial charge in [0.15, 0.2) is 5.78 Å². The zero-order chi connectivity index (χ0) is 41.6. The Hall–Kier alpha value is -4.52. The van der Waals surface area contributed by atoms with Gasteiger partial charge in [-0.05, 0) is 99.0 Å². The van der Waals surface area contributed by atoms with E-state index in [-0.39, 0.29) is 55.9 Å². The number of hydrogen-bond acceptors (Lipinski definition) is 7. The molecule has 4 aliphatic carbocycles. The van der Waals surface area contributed by atoms with Gasteiger partial charge in [0.1, 0.15) is 0 Å².